The van der Waals surface area contributed by atoms with E-state index in [4.69, 9.17) is 19.4 Å². The van der Waals surface area contributed by atoms with Gasteiger partial charge in [0.2, 0.25) is 0 Å². The Morgan fingerprint density at radius 1 is 0.380 bits per heavy atom. The number of furan rings is 1. The molecule has 0 unspecified atom stereocenters. The molecule has 0 fully saturated rings. The average Bonchev–Trinajstić information content (AvgIpc) is 3.73. The first-order chi connectivity index (χ1) is 24.8. The second kappa shape index (κ2) is 11.2. The Kier molecular flexibility index (Phi) is 6.36. The van der Waals surface area contributed by atoms with E-state index in [-0.39, 0.29) is 0 Å². The number of hydrogen-bond donors (Lipinski definition) is 0. The van der Waals surface area contributed by atoms with Gasteiger partial charge in [0.15, 0.2) is 17.5 Å². The van der Waals surface area contributed by atoms with Crippen molar-refractivity contribution in [2.24, 2.45) is 0 Å². The predicted molar refractivity (Wildman–Crippen MR) is 201 cm³/mol. The summed E-state index contributed by atoms with van der Waals surface area (Å²) >= 11 is 0. The van der Waals surface area contributed by atoms with Gasteiger partial charge in [0.1, 0.15) is 11.2 Å². The SMILES string of the molecule is c1ccc(-c2nc(-c3cccc4c3-c3ccccc3C4(c3ccccc3)c3ccccc3)nc(-c3cccc4oc5ccccc5c34)n2)cc1. The topological polar surface area (TPSA) is 51.8 Å². The molecule has 1 aliphatic rings. The van der Waals surface area contributed by atoms with E-state index >= 15 is 0 Å². The number of hydrogen-bond acceptors (Lipinski definition) is 4. The molecule has 0 atom stereocenters. The summed E-state index contributed by atoms with van der Waals surface area (Å²) in [5, 5.41) is 2.03. The molecule has 0 aliphatic heterocycles. The lowest BCUT2D eigenvalue weighted by Crippen LogP contribution is -2.28. The summed E-state index contributed by atoms with van der Waals surface area (Å²) in [5.41, 5.74) is 11.1. The molecule has 4 heteroatoms. The molecule has 0 saturated carbocycles. The molecule has 0 radical (unpaired) electrons. The van der Waals surface area contributed by atoms with Crippen LogP contribution in [0.1, 0.15) is 22.3 Å². The van der Waals surface area contributed by atoms with E-state index in [0.717, 1.165) is 44.2 Å². The van der Waals surface area contributed by atoms with Gasteiger partial charge in [0, 0.05) is 27.5 Å². The Bertz CT molecular complexity index is 2660. The van der Waals surface area contributed by atoms with Crippen molar-refractivity contribution in [2.45, 2.75) is 5.41 Å². The summed E-state index contributed by atoms with van der Waals surface area (Å²) in [6.45, 7) is 0. The molecule has 7 aromatic carbocycles. The van der Waals surface area contributed by atoms with Gasteiger partial charge in [-0.15, -0.1) is 0 Å². The first kappa shape index (κ1) is 28.4. The van der Waals surface area contributed by atoms with Crippen LogP contribution in [0.15, 0.2) is 180 Å². The normalized spacial score (nSPS) is 13.0. The van der Waals surface area contributed by atoms with Gasteiger partial charge in [-0.2, -0.15) is 0 Å². The van der Waals surface area contributed by atoms with Gasteiger partial charge in [-0.1, -0.05) is 164 Å². The molecular formula is C46H29N3O. The number of fused-ring (bicyclic) bond motifs is 6. The van der Waals surface area contributed by atoms with E-state index in [9.17, 15) is 0 Å². The van der Waals surface area contributed by atoms with Gasteiger partial charge in [-0.3, -0.25) is 0 Å². The van der Waals surface area contributed by atoms with Crippen LogP contribution >= 0.6 is 0 Å². The molecule has 0 bridgehead atoms. The highest BCUT2D eigenvalue weighted by Crippen LogP contribution is 2.58. The van der Waals surface area contributed by atoms with E-state index < -0.39 is 5.41 Å². The highest BCUT2D eigenvalue weighted by molar-refractivity contribution is 6.11. The van der Waals surface area contributed by atoms with E-state index in [1.807, 2.05) is 48.5 Å². The average molecular weight is 640 g/mol. The molecule has 0 saturated heterocycles. The zero-order chi connectivity index (χ0) is 33.1. The quantitative estimate of drug-likeness (QED) is 0.188. The van der Waals surface area contributed by atoms with Gasteiger partial charge >= 0.3 is 0 Å². The van der Waals surface area contributed by atoms with Crippen molar-refractivity contribution in [1.29, 1.82) is 0 Å². The second-order valence-corrected chi connectivity index (χ2v) is 12.7. The lowest BCUT2D eigenvalue weighted by atomic mass is 9.67. The number of benzene rings is 7. The fourth-order valence-electron chi connectivity index (χ4n) is 7.97. The van der Waals surface area contributed by atoms with Crippen molar-refractivity contribution in [3.8, 4) is 45.3 Å². The van der Waals surface area contributed by atoms with Crippen molar-refractivity contribution in [3.05, 3.63) is 198 Å². The van der Waals surface area contributed by atoms with Crippen LogP contribution in [-0.4, -0.2) is 15.0 Å². The first-order valence-corrected chi connectivity index (χ1v) is 16.9. The number of rotatable bonds is 5. The molecule has 234 valence electrons. The highest BCUT2D eigenvalue weighted by Gasteiger charge is 2.47. The van der Waals surface area contributed by atoms with Gasteiger partial charge < -0.3 is 4.42 Å². The van der Waals surface area contributed by atoms with Gasteiger partial charge in [-0.25, -0.2) is 15.0 Å². The van der Waals surface area contributed by atoms with E-state index in [0.29, 0.717) is 17.5 Å². The Hall–Kier alpha value is -6.65. The van der Waals surface area contributed by atoms with Crippen LogP contribution in [0.3, 0.4) is 0 Å². The number of nitrogens with zero attached hydrogens (tertiary/aromatic N) is 3. The third-order valence-corrected chi connectivity index (χ3v) is 10.0. The minimum atomic E-state index is -0.524. The Balaban J connectivity index is 1.29. The molecule has 2 heterocycles. The number of aromatic nitrogens is 3. The van der Waals surface area contributed by atoms with Gasteiger partial charge in [0.25, 0.3) is 0 Å². The van der Waals surface area contributed by atoms with E-state index in [1.54, 1.807) is 0 Å². The molecule has 0 spiro atoms. The van der Waals surface area contributed by atoms with Crippen LogP contribution < -0.4 is 0 Å². The van der Waals surface area contributed by atoms with Crippen molar-refractivity contribution in [1.82, 2.24) is 15.0 Å². The third kappa shape index (κ3) is 4.15. The van der Waals surface area contributed by atoms with Crippen LogP contribution in [0.25, 0.3) is 67.2 Å². The van der Waals surface area contributed by atoms with Crippen LogP contribution in [0.2, 0.25) is 0 Å². The largest absolute Gasteiger partial charge is 0.456 e. The monoisotopic (exact) mass is 639 g/mol. The summed E-state index contributed by atoms with van der Waals surface area (Å²) in [6.07, 6.45) is 0. The molecule has 2 aromatic heterocycles. The summed E-state index contributed by atoms with van der Waals surface area (Å²) in [7, 11) is 0. The molecule has 0 amide bonds. The van der Waals surface area contributed by atoms with Crippen LogP contribution in [-0.2, 0) is 5.41 Å². The Labute approximate surface area is 289 Å². The van der Waals surface area contributed by atoms with Crippen LogP contribution in [0.5, 0.6) is 0 Å². The molecule has 4 nitrogen and oxygen atoms in total. The minimum Gasteiger partial charge on any atom is -0.456 e. The standard InChI is InChI=1S/C46H29N3O/c1-4-16-30(17-5-1)43-47-44(49-45(48-43)36-25-15-29-40-42(36)34-23-11-13-28-39(34)50-40)35-24-14-27-38-41(35)33-22-10-12-26-37(33)46(38,31-18-6-2-7-19-31)32-20-8-3-9-21-32/h1-29H. The summed E-state index contributed by atoms with van der Waals surface area (Å²) < 4.78 is 6.28. The number of para-hydroxylation sites is 1. The lowest BCUT2D eigenvalue weighted by Gasteiger charge is -2.33. The Morgan fingerprint density at radius 2 is 0.900 bits per heavy atom. The van der Waals surface area contributed by atoms with Crippen molar-refractivity contribution >= 4 is 21.9 Å². The fourth-order valence-corrected chi connectivity index (χ4v) is 7.97. The second-order valence-electron chi connectivity index (χ2n) is 12.7. The smallest absolute Gasteiger partial charge is 0.164 e. The summed E-state index contributed by atoms with van der Waals surface area (Å²) in [4.78, 5) is 15.7. The van der Waals surface area contributed by atoms with Crippen molar-refractivity contribution in [3.63, 3.8) is 0 Å². The molecule has 50 heavy (non-hydrogen) atoms. The van der Waals surface area contributed by atoms with Crippen molar-refractivity contribution in [2.75, 3.05) is 0 Å². The summed E-state index contributed by atoms with van der Waals surface area (Å²) in [6, 6.07) is 61.5. The molecule has 0 N–H and O–H groups in total. The zero-order valence-corrected chi connectivity index (χ0v) is 27.0. The Morgan fingerprint density at radius 3 is 1.66 bits per heavy atom. The molecular weight excluding hydrogens is 611 g/mol. The van der Waals surface area contributed by atoms with E-state index in [1.165, 1.54) is 27.8 Å². The van der Waals surface area contributed by atoms with Gasteiger partial charge in [-0.05, 0) is 45.5 Å². The van der Waals surface area contributed by atoms with Crippen LogP contribution in [0, 0.1) is 0 Å². The maximum atomic E-state index is 6.28. The fraction of sp³-hybridized carbons (Fsp3) is 0.0217. The zero-order valence-electron chi connectivity index (χ0n) is 27.0. The highest BCUT2D eigenvalue weighted by atomic mass is 16.3. The lowest BCUT2D eigenvalue weighted by molar-refractivity contribution is 0.669. The predicted octanol–water partition coefficient (Wildman–Crippen LogP) is 11.1. The molecule has 9 aromatic rings. The molecule has 1 aliphatic carbocycles. The maximum Gasteiger partial charge on any atom is 0.164 e. The van der Waals surface area contributed by atoms with Crippen molar-refractivity contribution < 1.29 is 4.42 Å². The molecule has 10 rings (SSSR count). The van der Waals surface area contributed by atoms with Crippen LogP contribution in [0.4, 0.5) is 0 Å². The van der Waals surface area contributed by atoms with E-state index in [2.05, 4.69) is 127 Å². The summed E-state index contributed by atoms with van der Waals surface area (Å²) in [5.74, 6) is 1.85. The minimum absolute atomic E-state index is 0.524. The maximum absolute atomic E-state index is 6.28. The first-order valence-electron chi connectivity index (χ1n) is 16.9. The van der Waals surface area contributed by atoms with Gasteiger partial charge in [0.05, 0.1) is 5.41 Å². The third-order valence-electron chi connectivity index (χ3n) is 10.0.